The smallest absolute Gasteiger partial charge is 0.277 e. The van der Waals surface area contributed by atoms with Crippen LogP contribution in [0.1, 0.15) is 22.8 Å². The van der Waals surface area contributed by atoms with Gasteiger partial charge in [0.25, 0.3) is 10.2 Å². The molecule has 122 valence electrons. The molecule has 2 aromatic carbocycles. The minimum Gasteiger partial charge on any atom is -0.372 e. The maximum atomic E-state index is 12.1. The van der Waals surface area contributed by atoms with Gasteiger partial charge in [-0.2, -0.15) is 17.9 Å². The lowest BCUT2D eigenvalue weighted by atomic mass is 9.98. The van der Waals surface area contributed by atoms with E-state index in [4.69, 9.17) is 4.74 Å². The first-order valence-corrected chi connectivity index (χ1v) is 9.10. The van der Waals surface area contributed by atoms with E-state index in [9.17, 15) is 8.42 Å². The van der Waals surface area contributed by atoms with Crippen LogP contribution in [-0.2, 0) is 27.9 Å². The Morgan fingerprint density at radius 2 is 1.74 bits per heavy atom. The summed E-state index contributed by atoms with van der Waals surface area (Å²) in [6.45, 7) is 1.10. The number of nitrogens with one attached hydrogen (secondary N) is 2. The highest BCUT2D eigenvalue weighted by Gasteiger charge is 2.22. The summed E-state index contributed by atoms with van der Waals surface area (Å²) in [5.74, 6) is 0. The molecule has 5 nitrogen and oxygen atoms in total. The van der Waals surface area contributed by atoms with Gasteiger partial charge in [-0.15, -0.1) is 0 Å². The molecule has 0 amide bonds. The van der Waals surface area contributed by atoms with E-state index in [-0.39, 0.29) is 19.2 Å². The Bertz CT molecular complexity index is 747. The fraction of sp³-hybridized carbons (Fsp3) is 0.294. The van der Waals surface area contributed by atoms with Gasteiger partial charge in [-0.05, 0) is 23.1 Å². The van der Waals surface area contributed by atoms with Gasteiger partial charge >= 0.3 is 0 Å². The maximum Gasteiger partial charge on any atom is 0.277 e. The van der Waals surface area contributed by atoms with E-state index in [0.717, 1.165) is 17.5 Å². The Morgan fingerprint density at radius 3 is 2.57 bits per heavy atom. The van der Waals surface area contributed by atoms with Crippen LogP contribution in [0, 0.1) is 0 Å². The molecule has 1 aliphatic heterocycles. The quantitative estimate of drug-likeness (QED) is 0.849. The molecular weight excluding hydrogens is 312 g/mol. The van der Waals surface area contributed by atoms with Crippen molar-refractivity contribution in [2.75, 3.05) is 13.2 Å². The van der Waals surface area contributed by atoms with E-state index < -0.39 is 10.2 Å². The van der Waals surface area contributed by atoms with Crippen LogP contribution in [0.2, 0.25) is 0 Å². The number of ether oxygens (including phenoxy) is 1. The minimum absolute atomic E-state index is 0.223. The Kier molecular flexibility index (Phi) is 5.07. The van der Waals surface area contributed by atoms with Gasteiger partial charge in [0.05, 0.1) is 12.7 Å². The van der Waals surface area contributed by atoms with Crippen LogP contribution >= 0.6 is 0 Å². The highest BCUT2D eigenvalue weighted by molar-refractivity contribution is 7.87. The van der Waals surface area contributed by atoms with E-state index >= 15 is 0 Å². The van der Waals surface area contributed by atoms with E-state index in [1.54, 1.807) is 0 Å². The molecule has 0 aliphatic carbocycles. The average molecular weight is 332 g/mol. The van der Waals surface area contributed by atoms with Crippen LogP contribution in [0.3, 0.4) is 0 Å². The van der Waals surface area contributed by atoms with Crippen LogP contribution in [0.15, 0.2) is 54.6 Å². The van der Waals surface area contributed by atoms with Crippen molar-refractivity contribution in [3.05, 3.63) is 71.3 Å². The van der Waals surface area contributed by atoms with Gasteiger partial charge < -0.3 is 4.74 Å². The third-order valence-corrected chi connectivity index (χ3v) is 4.93. The zero-order chi connectivity index (χ0) is 16.1. The number of hydrogen-bond acceptors (Lipinski definition) is 3. The fourth-order valence-corrected chi connectivity index (χ4v) is 3.49. The van der Waals surface area contributed by atoms with E-state index in [1.807, 2.05) is 48.5 Å². The van der Waals surface area contributed by atoms with Crippen molar-refractivity contribution in [2.45, 2.75) is 19.1 Å². The van der Waals surface area contributed by atoms with Crippen LogP contribution < -0.4 is 9.44 Å². The number of hydrogen-bond donors (Lipinski definition) is 2. The van der Waals surface area contributed by atoms with Gasteiger partial charge in [0.2, 0.25) is 0 Å². The van der Waals surface area contributed by atoms with Crippen molar-refractivity contribution in [1.29, 1.82) is 0 Å². The van der Waals surface area contributed by atoms with Crippen molar-refractivity contribution < 1.29 is 13.2 Å². The molecule has 0 spiro atoms. The maximum absolute atomic E-state index is 12.1. The molecule has 0 bridgehead atoms. The van der Waals surface area contributed by atoms with Crippen LogP contribution in [-0.4, -0.2) is 21.6 Å². The molecule has 1 aliphatic rings. The van der Waals surface area contributed by atoms with Gasteiger partial charge in [-0.3, -0.25) is 0 Å². The zero-order valence-electron chi connectivity index (χ0n) is 12.7. The topological polar surface area (TPSA) is 67.4 Å². The first kappa shape index (κ1) is 16.1. The third kappa shape index (κ3) is 4.39. The van der Waals surface area contributed by atoms with Crippen molar-refractivity contribution in [2.24, 2.45) is 0 Å². The number of benzene rings is 2. The normalized spacial score (nSPS) is 17.7. The van der Waals surface area contributed by atoms with Gasteiger partial charge in [-0.1, -0.05) is 54.6 Å². The first-order valence-electron chi connectivity index (χ1n) is 7.62. The molecule has 0 radical (unpaired) electrons. The molecule has 0 saturated heterocycles. The summed E-state index contributed by atoms with van der Waals surface area (Å²) in [5.41, 5.74) is 3.20. The molecule has 0 aromatic heterocycles. The Hall–Kier alpha value is -1.73. The predicted octanol–water partition coefficient (Wildman–Crippen LogP) is 1.92. The molecule has 1 atom stereocenters. The molecule has 2 N–H and O–H groups in total. The monoisotopic (exact) mass is 332 g/mol. The molecule has 0 fully saturated rings. The summed E-state index contributed by atoms with van der Waals surface area (Å²) in [5, 5.41) is 0. The molecule has 2 aromatic rings. The van der Waals surface area contributed by atoms with Crippen molar-refractivity contribution in [3.63, 3.8) is 0 Å². The predicted molar refractivity (Wildman–Crippen MR) is 89.0 cm³/mol. The Balaban J connectivity index is 1.57. The second-order valence-electron chi connectivity index (χ2n) is 5.47. The standard InChI is InChI=1S/C17H20N2O3S/c20-23(21,18-12-14-6-2-1-3-7-14)19-13-17-16-9-5-4-8-15(16)10-11-22-17/h1-9,17-19H,10-13H2/t17-/m0/s1. The molecule has 1 heterocycles. The van der Waals surface area contributed by atoms with Gasteiger partial charge in [-0.25, -0.2) is 0 Å². The lowest BCUT2D eigenvalue weighted by Crippen LogP contribution is -2.39. The lowest BCUT2D eigenvalue weighted by Gasteiger charge is -2.26. The summed E-state index contributed by atoms with van der Waals surface area (Å²) < 4.78 is 35.0. The molecule has 6 heteroatoms. The summed E-state index contributed by atoms with van der Waals surface area (Å²) in [6, 6.07) is 17.4. The van der Waals surface area contributed by atoms with Crippen LogP contribution in [0.4, 0.5) is 0 Å². The molecule has 0 saturated carbocycles. The highest BCUT2D eigenvalue weighted by atomic mass is 32.2. The highest BCUT2D eigenvalue weighted by Crippen LogP contribution is 2.26. The van der Waals surface area contributed by atoms with Gasteiger partial charge in [0, 0.05) is 13.1 Å². The van der Waals surface area contributed by atoms with Crippen LogP contribution in [0.25, 0.3) is 0 Å². The third-order valence-electron chi connectivity index (χ3n) is 3.86. The second-order valence-corrected chi connectivity index (χ2v) is 7.05. The molecule has 23 heavy (non-hydrogen) atoms. The van der Waals surface area contributed by atoms with E-state index in [2.05, 4.69) is 15.5 Å². The number of fused-ring (bicyclic) bond motifs is 1. The largest absolute Gasteiger partial charge is 0.372 e. The summed E-state index contributed by atoms with van der Waals surface area (Å²) in [7, 11) is -3.56. The molecule has 0 unspecified atom stereocenters. The summed E-state index contributed by atoms with van der Waals surface area (Å²) in [6.07, 6.45) is 0.624. The fourth-order valence-electron chi connectivity index (χ4n) is 2.66. The minimum atomic E-state index is -3.56. The van der Waals surface area contributed by atoms with E-state index in [1.165, 1.54) is 5.56 Å². The van der Waals surface area contributed by atoms with E-state index in [0.29, 0.717) is 6.61 Å². The van der Waals surface area contributed by atoms with Crippen molar-refractivity contribution >= 4 is 10.2 Å². The zero-order valence-corrected chi connectivity index (χ0v) is 13.6. The first-order chi connectivity index (χ1) is 11.1. The number of rotatable bonds is 6. The van der Waals surface area contributed by atoms with Gasteiger partial charge in [0.1, 0.15) is 0 Å². The molecular formula is C17H20N2O3S. The Morgan fingerprint density at radius 1 is 1.00 bits per heavy atom. The van der Waals surface area contributed by atoms with Crippen molar-refractivity contribution in [1.82, 2.24) is 9.44 Å². The summed E-state index contributed by atoms with van der Waals surface area (Å²) in [4.78, 5) is 0. The Labute approximate surface area is 136 Å². The van der Waals surface area contributed by atoms with Crippen molar-refractivity contribution in [3.8, 4) is 0 Å². The van der Waals surface area contributed by atoms with Crippen LogP contribution in [0.5, 0.6) is 0 Å². The SMILES string of the molecule is O=S(=O)(NCc1ccccc1)NC[C@@H]1OCCc2ccccc21. The lowest BCUT2D eigenvalue weighted by molar-refractivity contribution is 0.0460. The summed E-state index contributed by atoms with van der Waals surface area (Å²) >= 11 is 0. The second kappa shape index (κ2) is 7.23. The molecule has 3 rings (SSSR count). The average Bonchev–Trinajstić information content (AvgIpc) is 2.59. The van der Waals surface area contributed by atoms with Gasteiger partial charge in [0.15, 0.2) is 0 Å².